The Bertz CT molecular complexity index is 1140. The number of carbonyl (C=O) groups excluding carboxylic acids is 2. The number of hydrogen-bond acceptors (Lipinski definition) is 5. The molecular weight excluding hydrogens is 717 g/mol. The maximum Gasteiger partial charge on any atom is 0.309 e. The van der Waals surface area contributed by atoms with Gasteiger partial charge in [-0.1, -0.05) is 208 Å². The van der Waals surface area contributed by atoms with Crippen LogP contribution in [-0.2, 0) is 23.8 Å². The van der Waals surface area contributed by atoms with E-state index in [1.807, 2.05) is 12.2 Å². The van der Waals surface area contributed by atoms with Crippen molar-refractivity contribution in [2.45, 2.75) is 207 Å². The lowest BCUT2D eigenvalue weighted by Gasteiger charge is -2.18. The van der Waals surface area contributed by atoms with Gasteiger partial charge in [-0.3, -0.25) is 9.59 Å². The van der Waals surface area contributed by atoms with Crippen LogP contribution in [-0.4, -0.2) is 37.9 Å². The van der Waals surface area contributed by atoms with Crippen LogP contribution in [0.1, 0.15) is 201 Å². The number of rotatable bonds is 42. The summed E-state index contributed by atoms with van der Waals surface area (Å²) in [6, 6.07) is 0. The average molecular weight is 805 g/mol. The van der Waals surface area contributed by atoms with Crippen LogP contribution in [0.2, 0.25) is 0 Å². The Balaban J connectivity index is 4.43. The van der Waals surface area contributed by atoms with Crippen molar-refractivity contribution in [3.8, 4) is 0 Å². The molecule has 0 bridgehead atoms. The monoisotopic (exact) mass is 805 g/mol. The van der Waals surface area contributed by atoms with Crippen molar-refractivity contribution in [2.24, 2.45) is 0 Å². The zero-order valence-corrected chi connectivity index (χ0v) is 37.8. The number of ether oxygens (including phenoxy) is 3. The van der Waals surface area contributed by atoms with Crippen LogP contribution in [0, 0.1) is 0 Å². The largest absolute Gasteiger partial charge is 0.461 e. The fraction of sp³-hybridized carbons (Fsp3) is 0.660. The molecule has 0 fully saturated rings. The highest BCUT2D eigenvalue weighted by molar-refractivity contribution is 5.71. The second-order valence-electron chi connectivity index (χ2n) is 15.3. The van der Waals surface area contributed by atoms with Crippen molar-refractivity contribution in [1.29, 1.82) is 0 Å². The molecule has 0 aromatic rings. The molecule has 1 unspecified atom stereocenters. The van der Waals surface area contributed by atoms with Gasteiger partial charge in [0.15, 0.2) is 6.10 Å². The van der Waals surface area contributed by atoms with Crippen LogP contribution in [0.25, 0.3) is 0 Å². The van der Waals surface area contributed by atoms with E-state index in [4.69, 9.17) is 14.2 Å². The van der Waals surface area contributed by atoms with Gasteiger partial charge in [0.1, 0.15) is 6.61 Å². The lowest BCUT2D eigenvalue weighted by atomic mass is 10.1. The number of esters is 2. The van der Waals surface area contributed by atoms with Crippen molar-refractivity contribution in [2.75, 3.05) is 19.8 Å². The fourth-order valence-electron chi connectivity index (χ4n) is 6.18. The maximum atomic E-state index is 12.7. The van der Waals surface area contributed by atoms with E-state index in [1.54, 1.807) is 0 Å². The molecule has 0 saturated heterocycles. The number of carbonyl (C=O) groups is 2. The highest BCUT2D eigenvalue weighted by Crippen LogP contribution is 2.13. The Morgan fingerprint density at radius 2 is 0.828 bits per heavy atom. The molecule has 0 aliphatic carbocycles. The number of unbranched alkanes of at least 4 members (excludes halogenated alkanes) is 16. The first-order chi connectivity index (χ1) is 28.6. The van der Waals surface area contributed by atoms with Gasteiger partial charge in [0.25, 0.3) is 0 Å². The van der Waals surface area contributed by atoms with Gasteiger partial charge in [0.05, 0.1) is 13.0 Å². The summed E-state index contributed by atoms with van der Waals surface area (Å²) in [4.78, 5) is 25.2. The molecule has 0 radical (unpaired) electrons. The van der Waals surface area contributed by atoms with Gasteiger partial charge >= 0.3 is 11.9 Å². The molecule has 0 heterocycles. The normalized spacial score (nSPS) is 13.1. The zero-order valence-electron chi connectivity index (χ0n) is 37.8. The quantitative estimate of drug-likeness (QED) is 0.0349. The Morgan fingerprint density at radius 3 is 1.33 bits per heavy atom. The van der Waals surface area contributed by atoms with Crippen molar-refractivity contribution in [3.63, 3.8) is 0 Å². The smallest absolute Gasteiger partial charge is 0.309 e. The van der Waals surface area contributed by atoms with Gasteiger partial charge in [-0.05, 0) is 77.0 Å². The van der Waals surface area contributed by atoms with Crippen LogP contribution in [0.15, 0.2) is 97.2 Å². The van der Waals surface area contributed by atoms with Crippen LogP contribution in [0.4, 0.5) is 0 Å². The topological polar surface area (TPSA) is 61.8 Å². The van der Waals surface area contributed by atoms with Gasteiger partial charge in [0.2, 0.25) is 0 Å². The zero-order chi connectivity index (χ0) is 42.1. The van der Waals surface area contributed by atoms with E-state index in [9.17, 15) is 9.59 Å². The summed E-state index contributed by atoms with van der Waals surface area (Å²) in [5.41, 5.74) is 0. The Morgan fingerprint density at radius 1 is 0.414 bits per heavy atom. The standard InChI is InChI=1S/C53H88O5/c1-4-7-10-13-16-19-22-25-27-29-31-34-37-40-43-46-52(54)57-50-51(49-56-48-45-42-39-36-33-24-21-18-15-12-9-6-3)58-53(55)47-44-41-38-35-32-30-28-26-23-20-17-14-11-8-5-2/h7-8,10-11,16-17,19-20,25-28,31,34,40,43,51H,4-6,9,12-15,18,21-24,29-30,32-33,35-39,41-42,44-50H2,1-3H3/b10-7-,11-8-,19-16-,20-17-,27-25-,28-26-,34-31-,43-40-. The number of allylic oxidation sites excluding steroid dienone is 15. The molecule has 0 rings (SSSR count). The molecule has 0 amide bonds. The maximum absolute atomic E-state index is 12.7. The summed E-state index contributed by atoms with van der Waals surface area (Å²) < 4.78 is 17.2. The second-order valence-corrected chi connectivity index (χ2v) is 15.3. The molecule has 0 spiro atoms. The minimum Gasteiger partial charge on any atom is -0.461 e. The van der Waals surface area contributed by atoms with E-state index >= 15 is 0 Å². The highest BCUT2D eigenvalue weighted by atomic mass is 16.6. The third kappa shape index (κ3) is 45.5. The predicted molar refractivity (Wildman–Crippen MR) is 251 cm³/mol. The van der Waals surface area contributed by atoms with Crippen molar-refractivity contribution >= 4 is 11.9 Å². The van der Waals surface area contributed by atoms with E-state index < -0.39 is 6.10 Å². The minimum absolute atomic E-state index is 0.0208. The van der Waals surface area contributed by atoms with Gasteiger partial charge in [-0.2, -0.15) is 0 Å². The Labute approximate surface area is 358 Å². The molecule has 1 atom stereocenters. The van der Waals surface area contributed by atoms with Gasteiger partial charge < -0.3 is 14.2 Å². The first kappa shape index (κ1) is 54.8. The van der Waals surface area contributed by atoms with Crippen LogP contribution < -0.4 is 0 Å². The Hall–Kier alpha value is -3.18. The van der Waals surface area contributed by atoms with Gasteiger partial charge in [-0.15, -0.1) is 0 Å². The SMILES string of the molecule is CC/C=C\C/C=C\C/C=C\C/C=C\C/C=C\CC(=O)OCC(COCCCCCCCCCCCCCC)OC(=O)CCCCCCC/C=C\C/C=C\C/C=C\CC. The van der Waals surface area contributed by atoms with Gasteiger partial charge in [-0.25, -0.2) is 0 Å². The summed E-state index contributed by atoms with van der Waals surface area (Å²) in [6.07, 6.45) is 64.3. The first-order valence-electron chi connectivity index (χ1n) is 23.8. The van der Waals surface area contributed by atoms with E-state index in [-0.39, 0.29) is 31.6 Å². The van der Waals surface area contributed by atoms with Gasteiger partial charge in [0, 0.05) is 13.0 Å². The molecule has 5 heteroatoms. The lowest BCUT2D eigenvalue weighted by Crippen LogP contribution is -2.30. The van der Waals surface area contributed by atoms with Crippen molar-refractivity contribution < 1.29 is 23.8 Å². The molecule has 5 nitrogen and oxygen atoms in total. The van der Waals surface area contributed by atoms with Crippen LogP contribution in [0.5, 0.6) is 0 Å². The summed E-state index contributed by atoms with van der Waals surface area (Å²) >= 11 is 0. The molecular formula is C53H88O5. The lowest BCUT2D eigenvalue weighted by molar-refractivity contribution is -0.162. The summed E-state index contributed by atoms with van der Waals surface area (Å²) in [5, 5.41) is 0. The summed E-state index contributed by atoms with van der Waals surface area (Å²) in [5.74, 6) is -0.566. The number of hydrogen-bond donors (Lipinski definition) is 0. The second kappa shape index (κ2) is 48.2. The average Bonchev–Trinajstić information content (AvgIpc) is 3.22. The molecule has 0 aliphatic rings. The molecule has 0 aromatic carbocycles. The van der Waals surface area contributed by atoms with Crippen molar-refractivity contribution in [3.05, 3.63) is 97.2 Å². The molecule has 0 aliphatic heterocycles. The summed E-state index contributed by atoms with van der Waals surface area (Å²) in [6.45, 7) is 7.47. The van der Waals surface area contributed by atoms with Crippen LogP contribution in [0.3, 0.4) is 0 Å². The molecule has 0 aromatic heterocycles. The van der Waals surface area contributed by atoms with E-state index in [0.717, 1.165) is 89.9 Å². The van der Waals surface area contributed by atoms with E-state index in [2.05, 4.69) is 106 Å². The molecule has 330 valence electrons. The predicted octanol–water partition coefficient (Wildman–Crippen LogP) is 15.9. The first-order valence-corrected chi connectivity index (χ1v) is 23.8. The van der Waals surface area contributed by atoms with Crippen molar-refractivity contribution in [1.82, 2.24) is 0 Å². The van der Waals surface area contributed by atoms with E-state index in [0.29, 0.717) is 13.0 Å². The Kier molecular flexibility index (Phi) is 45.5. The fourth-order valence-corrected chi connectivity index (χ4v) is 6.18. The van der Waals surface area contributed by atoms with E-state index in [1.165, 1.54) is 77.0 Å². The van der Waals surface area contributed by atoms with Crippen LogP contribution >= 0.6 is 0 Å². The molecule has 0 saturated carbocycles. The molecule has 0 N–H and O–H groups in total. The highest BCUT2D eigenvalue weighted by Gasteiger charge is 2.17. The molecule has 58 heavy (non-hydrogen) atoms. The summed E-state index contributed by atoms with van der Waals surface area (Å²) in [7, 11) is 0. The minimum atomic E-state index is -0.587. The third-order valence-corrected chi connectivity index (χ3v) is 9.65. The third-order valence-electron chi connectivity index (χ3n) is 9.65.